The first-order valence-electron chi connectivity index (χ1n) is 7.90. The molecule has 23 heavy (non-hydrogen) atoms. The summed E-state index contributed by atoms with van der Waals surface area (Å²) >= 11 is 6.12. The summed E-state index contributed by atoms with van der Waals surface area (Å²) in [4.78, 5) is 25.2. The number of nitrogens with zero attached hydrogens (tertiary/aromatic N) is 1. The van der Waals surface area contributed by atoms with Crippen LogP contribution >= 0.6 is 11.6 Å². The number of carboxylic acid groups (broad SMARTS) is 1. The van der Waals surface area contributed by atoms with Crippen molar-refractivity contribution in [3.8, 4) is 0 Å². The van der Waals surface area contributed by atoms with Gasteiger partial charge in [0.25, 0.3) is 0 Å². The minimum absolute atomic E-state index is 0.0157. The van der Waals surface area contributed by atoms with Gasteiger partial charge in [0.2, 0.25) is 5.91 Å². The average Bonchev–Trinajstić information content (AvgIpc) is 2.55. The van der Waals surface area contributed by atoms with E-state index in [1.165, 1.54) is 0 Å². The number of carbonyl (C=O) groups excluding carboxylic acids is 1. The van der Waals surface area contributed by atoms with E-state index in [9.17, 15) is 9.59 Å². The zero-order valence-corrected chi connectivity index (χ0v) is 13.8. The molecule has 1 fully saturated rings. The van der Waals surface area contributed by atoms with E-state index in [4.69, 9.17) is 21.4 Å². The Balaban J connectivity index is 1.97. The lowest BCUT2D eigenvalue weighted by molar-refractivity contribution is -0.140. The summed E-state index contributed by atoms with van der Waals surface area (Å²) in [7, 11) is 0. The molecule has 0 radical (unpaired) electrons. The number of ether oxygens (including phenoxy) is 1. The summed E-state index contributed by atoms with van der Waals surface area (Å²) in [5.41, 5.74) is 0.938. The molecule has 0 bridgehead atoms. The van der Waals surface area contributed by atoms with E-state index in [1.807, 2.05) is 24.3 Å². The third-order valence-corrected chi connectivity index (χ3v) is 4.45. The molecule has 0 aliphatic carbocycles. The van der Waals surface area contributed by atoms with Crippen LogP contribution in [-0.4, -0.2) is 47.7 Å². The Morgan fingerprint density at radius 2 is 1.91 bits per heavy atom. The van der Waals surface area contributed by atoms with E-state index in [2.05, 4.69) is 0 Å². The number of hydrogen-bond acceptors (Lipinski definition) is 3. The molecule has 0 saturated carbocycles. The number of benzene rings is 1. The predicted octanol–water partition coefficient (Wildman–Crippen LogP) is 2.75. The first kappa shape index (κ1) is 17.8. The summed E-state index contributed by atoms with van der Waals surface area (Å²) in [6.07, 6.45) is 2.39. The Kier molecular flexibility index (Phi) is 6.86. The number of halogens is 1. The molecule has 1 heterocycles. The minimum atomic E-state index is -0.888. The second-order valence-corrected chi connectivity index (χ2v) is 6.07. The molecule has 1 aliphatic heterocycles. The molecule has 1 saturated heterocycles. The number of carbonyl (C=O) groups is 2. The lowest BCUT2D eigenvalue weighted by atomic mass is 10.0. The van der Waals surface area contributed by atoms with Gasteiger partial charge in [-0.05, 0) is 30.9 Å². The smallest absolute Gasteiger partial charge is 0.305 e. The van der Waals surface area contributed by atoms with Crippen LogP contribution in [0.15, 0.2) is 24.3 Å². The van der Waals surface area contributed by atoms with E-state index in [0.29, 0.717) is 31.1 Å². The van der Waals surface area contributed by atoms with Crippen molar-refractivity contribution in [3.63, 3.8) is 0 Å². The highest BCUT2D eigenvalue weighted by Crippen LogP contribution is 2.20. The van der Waals surface area contributed by atoms with Crippen molar-refractivity contribution >= 4 is 23.5 Å². The molecule has 1 aliphatic rings. The van der Waals surface area contributed by atoms with Crippen LogP contribution in [0.25, 0.3) is 0 Å². The van der Waals surface area contributed by atoms with Gasteiger partial charge in [-0.3, -0.25) is 9.59 Å². The first-order valence-corrected chi connectivity index (χ1v) is 8.28. The van der Waals surface area contributed by atoms with E-state index >= 15 is 0 Å². The summed E-state index contributed by atoms with van der Waals surface area (Å²) in [6.45, 7) is 1.49. The second kappa shape index (κ2) is 8.89. The maximum absolute atomic E-state index is 12.6. The Hall–Kier alpha value is -1.59. The third kappa shape index (κ3) is 5.52. The number of hydrogen-bond donors (Lipinski definition) is 1. The molecule has 1 aromatic carbocycles. The highest BCUT2D eigenvalue weighted by molar-refractivity contribution is 6.31. The molecule has 0 atom stereocenters. The average molecular weight is 340 g/mol. The first-order chi connectivity index (χ1) is 11.1. The number of amides is 1. The molecule has 0 spiro atoms. The quantitative estimate of drug-likeness (QED) is 0.829. The molecule has 126 valence electrons. The molecule has 1 aromatic rings. The van der Waals surface area contributed by atoms with Crippen molar-refractivity contribution in [1.82, 2.24) is 4.90 Å². The van der Waals surface area contributed by atoms with Crippen molar-refractivity contribution in [2.75, 3.05) is 19.8 Å². The van der Waals surface area contributed by atoms with Crippen LogP contribution in [0.3, 0.4) is 0 Å². The number of rotatable bonds is 7. The van der Waals surface area contributed by atoms with Gasteiger partial charge in [-0.2, -0.15) is 0 Å². The van der Waals surface area contributed by atoms with Gasteiger partial charge in [0.1, 0.15) is 0 Å². The van der Waals surface area contributed by atoms with Gasteiger partial charge in [0.15, 0.2) is 0 Å². The maximum atomic E-state index is 12.6. The number of aryl methyl sites for hydroxylation is 1. The van der Waals surface area contributed by atoms with Crippen molar-refractivity contribution in [3.05, 3.63) is 34.9 Å². The van der Waals surface area contributed by atoms with Crippen LogP contribution in [0, 0.1) is 0 Å². The fourth-order valence-corrected chi connectivity index (χ4v) is 3.04. The third-order valence-electron chi connectivity index (χ3n) is 4.08. The van der Waals surface area contributed by atoms with E-state index in [-0.39, 0.29) is 24.9 Å². The van der Waals surface area contributed by atoms with Crippen molar-refractivity contribution in [1.29, 1.82) is 0 Å². The largest absolute Gasteiger partial charge is 0.481 e. The minimum Gasteiger partial charge on any atom is -0.481 e. The molecule has 0 unspecified atom stereocenters. The Labute approximate surface area is 141 Å². The highest BCUT2D eigenvalue weighted by Gasteiger charge is 2.26. The van der Waals surface area contributed by atoms with Gasteiger partial charge in [-0.15, -0.1) is 0 Å². The zero-order chi connectivity index (χ0) is 16.7. The predicted molar refractivity (Wildman–Crippen MR) is 87.6 cm³/mol. The molecule has 1 N–H and O–H groups in total. The summed E-state index contributed by atoms with van der Waals surface area (Å²) in [5, 5.41) is 9.56. The van der Waals surface area contributed by atoms with Gasteiger partial charge in [-0.1, -0.05) is 29.8 Å². The van der Waals surface area contributed by atoms with Gasteiger partial charge in [-0.25, -0.2) is 0 Å². The molecule has 2 rings (SSSR count). The van der Waals surface area contributed by atoms with E-state index in [0.717, 1.165) is 18.4 Å². The normalized spacial score (nSPS) is 15.3. The Bertz CT molecular complexity index is 543. The van der Waals surface area contributed by atoms with E-state index in [1.54, 1.807) is 4.90 Å². The summed E-state index contributed by atoms with van der Waals surface area (Å²) < 4.78 is 5.33. The summed E-state index contributed by atoms with van der Waals surface area (Å²) in [5.74, 6) is -0.904. The summed E-state index contributed by atoms with van der Waals surface area (Å²) in [6, 6.07) is 7.54. The van der Waals surface area contributed by atoms with Crippen LogP contribution < -0.4 is 0 Å². The number of aliphatic carboxylic acids is 1. The zero-order valence-electron chi connectivity index (χ0n) is 13.0. The maximum Gasteiger partial charge on any atom is 0.305 e. The van der Waals surface area contributed by atoms with E-state index < -0.39 is 5.97 Å². The van der Waals surface area contributed by atoms with Crippen LogP contribution in [0.1, 0.15) is 31.2 Å². The van der Waals surface area contributed by atoms with Crippen molar-refractivity contribution < 1.29 is 19.4 Å². The molecule has 5 nitrogen and oxygen atoms in total. The van der Waals surface area contributed by atoms with Gasteiger partial charge in [0.05, 0.1) is 6.42 Å². The van der Waals surface area contributed by atoms with Crippen LogP contribution in [-0.2, 0) is 20.7 Å². The highest BCUT2D eigenvalue weighted by atomic mass is 35.5. The number of carboxylic acids is 1. The Morgan fingerprint density at radius 3 is 2.57 bits per heavy atom. The SMILES string of the molecule is O=C(O)CCN(C(=O)CCc1ccccc1Cl)C1CCOCC1. The fourth-order valence-electron chi connectivity index (χ4n) is 2.81. The van der Waals surface area contributed by atoms with Crippen LogP contribution in [0.5, 0.6) is 0 Å². The molecular weight excluding hydrogens is 318 g/mol. The van der Waals surface area contributed by atoms with Gasteiger partial charge in [0, 0.05) is 37.2 Å². The lowest BCUT2D eigenvalue weighted by Gasteiger charge is -2.34. The molecular formula is C17H22ClNO4. The topological polar surface area (TPSA) is 66.8 Å². The molecule has 1 amide bonds. The Morgan fingerprint density at radius 1 is 1.22 bits per heavy atom. The second-order valence-electron chi connectivity index (χ2n) is 5.67. The van der Waals surface area contributed by atoms with Crippen molar-refractivity contribution in [2.24, 2.45) is 0 Å². The van der Waals surface area contributed by atoms with Crippen LogP contribution in [0.4, 0.5) is 0 Å². The lowest BCUT2D eigenvalue weighted by Crippen LogP contribution is -2.44. The van der Waals surface area contributed by atoms with Gasteiger partial charge < -0.3 is 14.7 Å². The molecule has 0 aromatic heterocycles. The van der Waals surface area contributed by atoms with Crippen LogP contribution in [0.2, 0.25) is 5.02 Å². The van der Waals surface area contributed by atoms with Gasteiger partial charge >= 0.3 is 5.97 Å². The standard InChI is InChI=1S/C17H22ClNO4/c18-15-4-2-1-3-13(15)5-6-16(20)19(10-7-17(21)22)14-8-11-23-12-9-14/h1-4,14H,5-12H2,(H,21,22). The molecule has 6 heteroatoms. The monoisotopic (exact) mass is 339 g/mol. The van der Waals surface area contributed by atoms with Crippen molar-refractivity contribution in [2.45, 2.75) is 38.1 Å². The fraction of sp³-hybridized carbons (Fsp3) is 0.529.